The Morgan fingerprint density at radius 2 is 2.00 bits per heavy atom. The van der Waals surface area contributed by atoms with Crippen molar-refractivity contribution in [3.63, 3.8) is 0 Å². The zero-order valence-corrected chi connectivity index (χ0v) is 13.5. The van der Waals surface area contributed by atoms with Crippen LogP contribution in [0.5, 0.6) is 0 Å². The summed E-state index contributed by atoms with van der Waals surface area (Å²) in [6, 6.07) is 10.1. The monoisotopic (exact) mass is 307 g/mol. The molecule has 0 amide bonds. The molecule has 2 unspecified atom stereocenters. The molecule has 0 aliphatic carbocycles. The summed E-state index contributed by atoms with van der Waals surface area (Å²) in [5.41, 5.74) is 2.09. The van der Waals surface area contributed by atoms with Crippen LogP contribution in [0.15, 0.2) is 36.5 Å². The Bertz CT molecular complexity index is 556. The lowest BCUT2D eigenvalue weighted by Crippen LogP contribution is -2.30. The van der Waals surface area contributed by atoms with Gasteiger partial charge in [-0.25, -0.2) is 0 Å². The lowest BCUT2D eigenvalue weighted by atomic mass is 9.99. The van der Waals surface area contributed by atoms with Crippen molar-refractivity contribution in [2.75, 3.05) is 13.7 Å². The predicted octanol–water partition coefficient (Wildman–Crippen LogP) is 3.59. The number of halogens is 1. The van der Waals surface area contributed by atoms with Crippen LogP contribution in [0.25, 0.3) is 0 Å². The van der Waals surface area contributed by atoms with Crippen LogP contribution < -0.4 is 5.32 Å². The molecule has 21 heavy (non-hydrogen) atoms. The van der Waals surface area contributed by atoms with Gasteiger partial charge in [-0.2, -0.15) is 5.10 Å². The Labute approximate surface area is 131 Å². The fourth-order valence-electron chi connectivity index (χ4n) is 2.61. The first-order valence-corrected chi connectivity index (χ1v) is 7.63. The Morgan fingerprint density at radius 1 is 1.29 bits per heavy atom. The maximum Gasteiger partial charge on any atom is 0.103 e. The SMILES string of the molecule is CCNC(c1c(Cl)cnn1CC)C(OC)c1ccccc1. The second-order valence-corrected chi connectivity index (χ2v) is 5.20. The van der Waals surface area contributed by atoms with E-state index in [4.69, 9.17) is 16.3 Å². The van der Waals surface area contributed by atoms with Crippen LogP contribution in [-0.4, -0.2) is 23.4 Å². The number of nitrogens with one attached hydrogen (secondary N) is 1. The van der Waals surface area contributed by atoms with Crippen molar-refractivity contribution in [1.82, 2.24) is 15.1 Å². The number of methoxy groups -OCH3 is 1. The lowest BCUT2D eigenvalue weighted by Gasteiger charge is -2.28. The molecule has 1 N–H and O–H groups in total. The number of hydrogen-bond donors (Lipinski definition) is 1. The highest BCUT2D eigenvalue weighted by molar-refractivity contribution is 6.31. The van der Waals surface area contributed by atoms with E-state index in [1.165, 1.54) is 0 Å². The summed E-state index contributed by atoms with van der Waals surface area (Å²) in [5.74, 6) is 0. The average Bonchev–Trinajstić information content (AvgIpc) is 2.89. The van der Waals surface area contributed by atoms with Gasteiger partial charge in [0.25, 0.3) is 0 Å². The summed E-state index contributed by atoms with van der Waals surface area (Å²) in [4.78, 5) is 0. The van der Waals surface area contributed by atoms with Gasteiger partial charge in [-0.05, 0) is 19.0 Å². The first-order chi connectivity index (χ1) is 10.2. The number of hydrogen-bond acceptors (Lipinski definition) is 3. The summed E-state index contributed by atoms with van der Waals surface area (Å²) in [5, 5.41) is 8.48. The Morgan fingerprint density at radius 3 is 2.57 bits per heavy atom. The number of ether oxygens (including phenoxy) is 1. The van der Waals surface area contributed by atoms with Crippen molar-refractivity contribution in [3.05, 3.63) is 52.8 Å². The van der Waals surface area contributed by atoms with Gasteiger partial charge in [0.1, 0.15) is 6.10 Å². The molecule has 4 nitrogen and oxygen atoms in total. The number of benzene rings is 1. The summed E-state index contributed by atoms with van der Waals surface area (Å²) in [6.45, 7) is 5.73. The highest BCUT2D eigenvalue weighted by Gasteiger charge is 2.29. The van der Waals surface area contributed by atoms with Gasteiger partial charge in [0.15, 0.2) is 0 Å². The molecule has 2 rings (SSSR count). The zero-order valence-electron chi connectivity index (χ0n) is 12.7. The molecular weight excluding hydrogens is 286 g/mol. The second-order valence-electron chi connectivity index (χ2n) is 4.80. The summed E-state index contributed by atoms with van der Waals surface area (Å²) < 4.78 is 7.69. The Hall–Kier alpha value is -1.36. The van der Waals surface area contributed by atoms with Gasteiger partial charge in [0, 0.05) is 13.7 Å². The van der Waals surface area contributed by atoms with Crippen molar-refractivity contribution < 1.29 is 4.74 Å². The van der Waals surface area contributed by atoms with E-state index in [0.717, 1.165) is 24.3 Å². The highest BCUT2D eigenvalue weighted by atomic mass is 35.5. The van der Waals surface area contributed by atoms with Gasteiger partial charge in [0.05, 0.1) is 23.0 Å². The van der Waals surface area contributed by atoms with Crippen LogP contribution >= 0.6 is 11.6 Å². The van der Waals surface area contributed by atoms with Crippen LogP contribution in [-0.2, 0) is 11.3 Å². The van der Waals surface area contributed by atoms with Crippen molar-refractivity contribution >= 4 is 11.6 Å². The molecule has 2 atom stereocenters. The predicted molar refractivity (Wildman–Crippen MR) is 85.5 cm³/mol. The van der Waals surface area contributed by atoms with Crippen molar-refractivity contribution in [1.29, 1.82) is 0 Å². The van der Waals surface area contributed by atoms with E-state index >= 15 is 0 Å². The molecule has 0 saturated carbocycles. The van der Waals surface area contributed by atoms with Crippen molar-refractivity contribution in [2.24, 2.45) is 0 Å². The normalized spacial score (nSPS) is 14.1. The van der Waals surface area contributed by atoms with E-state index in [0.29, 0.717) is 5.02 Å². The number of aryl methyl sites for hydroxylation is 1. The largest absolute Gasteiger partial charge is 0.375 e. The van der Waals surface area contributed by atoms with Gasteiger partial charge < -0.3 is 10.1 Å². The van der Waals surface area contributed by atoms with E-state index in [1.807, 2.05) is 22.9 Å². The fraction of sp³-hybridized carbons (Fsp3) is 0.438. The topological polar surface area (TPSA) is 39.1 Å². The quantitative estimate of drug-likeness (QED) is 0.849. The van der Waals surface area contributed by atoms with Gasteiger partial charge >= 0.3 is 0 Å². The van der Waals surface area contributed by atoms with Crippen LogP contribution in [0, 0.1) is 0 Å². The minimum absolute atomic E-state index is 0.0441. The third-order valence-electron chi connectivity index (χ3n) is 3.54. The van der Waals surface area contributed by atoms with E-state index in [9.17, 15) is 0 Å². The third-order valence-corrected chi connectivity index (χ3v) is 3.83. The van der Waals surface area contributed by atoms with Crippen LogP contribution in [0.2, 0.25) is 5.02 Å². The van der Waals surface area contributed by atoms with Gasteiger partial charge in [-0.3, -0.25) is 4.68 Å². The van der Waals surface area contributed by atoms with Crippen LogP contribution in [0.4, 0.5) is 0 Å². The molecular formula is C16H22ClN3O. The first-order valence-electron chi connectivity index (χ1n) is 7.25. The van der Waals surface area contributed by atoms with Crippen molar-refractivity contribution in [2.45, 2.75) is 32.5 Å². The molecule has 114 valence electrons. The lowest BCUT2D eigenvalue weighted by molar-refractivity contribution is 0.0652. The fourth-order valence-corrected chi connectivity index (χ4v) is 2.87. The minimum atomic E-state index is -0.120. The first kappa shape index (κ1) is 16.0. The smallest absolute Gasteiger partial charge is 0.103 e. The van der Waals surface area contributed by atoms with Crippen LogP contribution in [0.3, 0.4) is 0 Å². The Balaban J connectivity index is 2.43. The number of nitrogens with zero attached hydrogens (tertiary/aromatic N) is 2. The van der Waals surface area contributed by atoms with Gasteiger partial charge in [-0.1, -0.05) is 48.9 Å². The molecule has 5 heteroatoms. The molecule has 1 aromatic heterocycles. The maximum absolute atomic E-state index is 6.36. The van der Waals surface area contributed by atoms with E-state index in [2.05, 4.69) is 36.4 Å². The number of likely N-dealkylation sites (N-methyl/N-ethyl adjacent to an activating group) is 1. The molecule has 1 aromatic carbocycles. The highest BCUT2D eigenvalue weighted by Crippen LogP contribution is 2.35. The maximum atomic E-state index is 6.36. The zero-order chi connectivity index (χ0) is 15.2. The Kier molecular flexibility index (Phi) is 5.79. The molecule has 0 fully saturated rings. The third kappa shape index (κ3) is 3.46. The van der Waals surface area contributed by atoms with E-state index in [1.54, 1.807) is 13.3 Å². The molecule has 2 aromatic rings. The molecule has 0 saturated heterocycles. The van der Waals surface area contributed by atoms with E-state index in [-0.39, 0.29) is 12.1 Å². The summed E-state index contributed by atoms with van der Waals surface area (Å²) in [7, 11) is 1.72. The number of rotatable bonds is 7. The summed E-state index contributed by atoms with van der Waals surface area (Å²) in [6.07, 6.45) is 1.58. The van der Waals surface area contributed by atoms with Crippen LogP contribution in [0.1, 0.15) is 37.3 Å². The summed E-state index contributed by atoms with van der Waals surface area (Å²) >= 11 is 6.36. The molecule has 0 spiro atoms. The molecule has 0 bridgehead atoms. The van der Waals surface area contributed by atoms with Crippen molar-refractivity contribution in [3.8, 4) is 0 Å². The standard InChI is InChI=1S/C16H22ClN3O/c1-4-18-14(15-13(17)11-19-20(15)5-2)16(21-3)12-9-7-6-8-10-12/h6-11,14,16,18H,4-5H2,1-3H3. The number of aromatic nitrogens is 2. The second kappa shape index (κ2) is 7.59. The molecule has 1 heterocycles. The average molecular weight is 308 g/mol. The van der Waals surface area contributed by atoms with Gasteiger partial charge in [0.2, 0.25) is 0 Å². The van der Waals surface area contributed by atoms with Gasteiger partial charge in [-0.15, -0.1) is 0 Å². The minimum Gasteiger partial charge on any atom is -0.375 e. The molecule has 0 aliphatic heterocycles. The van der Waals surface area contributed by atoms with E-state index < -0.39 is 0 Å². The molecule has 0 radical (unpaired) electrons. The molecule has 0 aliphatic rings.